The smallest absolute Gasteiger partial charge is 0.249 e. The van der Waals surface area contributed by atoms with Gasteiger partial charge in [-0.3, -0.25) is 9.59 Å². The van der Waals surface area contributed by atoms with Gasteiger partial charge in [0.05, 0.1) is 5.56 Å². The highest BCUT2D eigenvalue weighted by atomic mass is 32.1. The van der Waals surface area contributed by atoms with Gasteiger partial charge < -0.3 is 15.6 Å². The number of carbonyl (C=O) groups is 2. The van der Waals surface area contributed by atoms with Gasteiger partial charge in [0.25, 0.3) is 0 Å². The Morgan fingerprint density at radius 2 is 1.85 bits per heavy atom. The van der Waals surface area contributed by atoms with Crippen molar-refractivity contribution in [3.8, 4) is 6.07 Å². The molecule has 0 saturated heterocycles. The Hall–Kier alpha value is -4.15. The van der Waals surface area contributed by atoms with Crippen LogP contribution in [0, 0.1) is 11.3 Å². The minimum atomic E-state index is -0.440. The number of aromatic amines is 1. The van der Waals surface area contributed by atoms with Crippen LogP contribution in [0.3, 0.4) is 0 Å². The van der Waals surface area contributed by atoms with Crippen molar-refractivity contribution in [2.45, 2.75) is 25.2 Å². The summed E-state index contributed by atoms with van der Waals surface area (Å²) in [6, 6.07) is 20.1. The molecule has 1 aliphatic rings. The van der Waals surface area contributed by atoms with E-state index >= 15 is 0 Å². The number of nitrogens with zero attached hydrogens (tertiary/aromatic N) is 1. The Morgan fingerprint density at radius 3 is 2.65 bits per heavy atom. The number of fused-ring (bicyclic) bond motifs is 2. The van der Waals surface area contributed by atoms with Gasteiger partial charge in [-0.1, -0.05) is 36.4 Å². The molecular formula is C27H22N4O2S. The fourth-order valence-corrected chi connectivity index (χ4v) is 5.70. The molecular weight excluding hydrogens is 444 g/mol. The van der Waals surface area contributed by atoms with Crippen molar-refractivity contribution >= 4 is 44.7 Å². The Kier molecular flexibility index (Phi) is 5.98. The summed E-state index contributed by atoms with van der Waals surface area (Å²) >= 11 is 1.46. The maximum Gasteiger partial charge on any atom is 0.249 e. The molecule has 2 heterocycles. The minimum Gasteiger partial charge on any atom is -0.361 e. The van der Waals surface area contributed by atoms with Gasteiger partial charge >= 0.3 is 0 Å². The summed E-state index contributed by atoms with van der Waals surface area (Å²) in [7, 11) is 0. The lowest BCUT2D eigenvalue weighted by atomic mass is 9.83. The molecule has 6 nitrogen and oxygen atoms in total. The van der Waals surface area contributed by atoms with Crippen LogP contribution in [0.15, 0.2) is 72.9 Å². The van der Waals surface area contributed by atoms with Crippen LogP contribution < -0.4 is 10.6 Å². The molecule has 168 valence electrons. The fraction of sp³-hybridized carbons (Fsp3) is 0.148. The normalized spacial score (nSPS) is 15.1. The molecule has 0 aliphatic heterocycles. The third kappa shape index (κ3) is 4.49. The standard InChI is InChI=1S/C27H22N4O2S/c28-16-22-21-9-7-19(17-4-2-1-3-5-17)14-24(21)34-27(22)31-26(33)11-10-25(32)30-20-8-6-18-12-13-29-23(18)15-20/h1-6,8,10-13,15,19,29H,7,9,14H2,(H,30,32)(H,31,33). The van der Waals surface area contributed by atoms with E-state index in [4.69, 9.17) is 0 Å². The van der Waals surface area contributed by atoms with E-state index < -0.39 is 11.8 Å². The van der Waals surface area contributed by atoms with Gasteiger partial charge in [-0.25, -0.2) is 0 Å². The third-order valence-corrected chi connectivity index (χ3v) is 7.26. The van der Waals surface area contributed by atoms with Gasteiger partial charge in [0.1, 0.15) is 11.1 Å². The Labute approximate surface area is 200 Å². The molecule has 1 atom stereocenters. The Balaban J connectivity index is 1.24. The molecule has 2 amide bonds. The van der Waals surface area contributed by atoms with E-state index in [1.165, 1.54) is 29.1 Å². The first kappa shape index (κ1) is 21.7. The zero-order chi connectivity index (χ0) is 23.5. The number of benzene rings is 2. The Bertz CT molecular complexity index is 1440. The molecule has 5 rings (SSSR count). The summed E-state index contributed by atoms with van der Waals surface area (Å²) in [5, 5.41) is 16.9. The molecule has 4 aromatic rings. The Morgan fingerprint density at radius 1 is 1.06 bits per heavy atom. The second kappa shape index (κ2) is 9.38. The number of anilines is 2. The predicted molar refractivity (Wildman–Crippen MR) is 135 cm³/mol. The largest absolute Gasteiger partial charge is 0.361 e. The number of nitriles is 1. The molecule has 0 radical (unpaired) electrons. The zero-order valence-electron chi connectivity index (χ0n) is 18.3. The highest BCUT2D eigenvalue weighted by Gasteiger charge is 2.27. The average molecular weight is 467 g/mol. The van der Waals surface area contributed by atoms with Gasteiger partial charge in [-0.15, -0.1) is 11.3 Å². The van der Waals surface area contributed by atoms with Crippen LogP contribution in [0.2, 0.25) is 0 Å². The first-order valence-corrected chi connectivity index (χ1v) is 11.9. The molecule has 0 spiro atoms. The van der Waals surface area contributed by atoms with E-state index in [0.717, 1.165) is 40.6 Å². The molecule has 0 bridgehead atoms. The summed E-state index contributed by atoms with van der Waals surface area (Å²) in [4.78, 5) is 29.0. The van der Waals surface area contributed by atoms with Gasteiger partial charge in [0.2, 0.25) is 11.8 Å². The number of aromatic nitrogens is 1. The maximum absolute atomic E-state index is 12.5. The van der Waals surface area contributed by atoms with Gasteiger partial charge in [0, 0.05) is 34.4 Å². The van der Waals surface area contributed by atoms with Crippen LogP contribution in [-0.2, 0) is 22.4 Å². The number of H-pyrrole nitrogens is 1. The molecule has 1 aliphatic carbocycles. The predicted octanol–water partition coefficient (Wildman–Crippen LogP) is 5.51. The summed E-state index contributed by atoms with van der Waals surface area (Å²) < 4.78 is 0. The van der Waals surface area contributed by atoms with Crippen molar-refractivity contribution in [3.05, 3.63) is 94.5 Å². The molecule has 7 heteroatoms. The third-order valence-electron chi connectivity index (χ3n) is 6.09. The number of hydrogen-bond donors (Lipinski definition) is 3. The van der Waals surface area contributed by atoms with Crippen LogP contribution in [-0.4, -0.2) is 16.8 Å². The number of thiophene rings is 1. The summed E-state index contributed by atoms with van der Waals surface area (Å²) in [5.74, 6) is -0.432. The molecule has 3 N–H and O–H groups in total. The van der Waals surface area contributed by atoms with Gasteiger partial charge in [-0.2, -0.15) is 5.26 Å². The molecule has 1 unspecified atom stereocenters. The van der Waals surface area contributed by atoms with Crippen LogP contribution in [0.25, 0.3) is 10.9 Å². The van der Waals surface area contributed by atoms with Crippen LogP contribution in [0.5, 0.6) is 0 Å². The first-order valence-electron chi connectivity index (χ1n) is 11.1. The van der Waals surface area contributed by atoms with Crippen LogP contribution in [0.4, 0.5) is 10.7 Å². The lowest BCUT2D eigenvalue weighted by Crippen LogP contribution is -2.12. The minimum absolute atomic E-state index is 0.405. The second-order valence-corrected chi connectivity index (χ2v) is 9.37. The summed E-state index contributed by atoms with van der Waals surface area (Å²) in [6.45, 7) is 0. The number of hydrogen-bond acceptors (Lipinski definition) is 4. The maximum atomic E-state index is 12.5. The zero-order valence-corrected chi connectivity index (χ0v) is 19.1. The molecule has 0 fully saturated rings. The van der Waals surface area contributed by atoms with Gasteiger partial charge in [-0.05, 0) is 59.9 Å². The van der Waals surface area contributed by atoms with E-state index in [9.17, 15) is 14.9 Å². The lowest BCUT2D eigenvalue weighted by Gasteiger charge is -2.22. The highest BCUT2D eigenvalue weighted by Crippen LogP contribution is 2.42. The molecule has 0 saturated carbocycles. The quantitative estimate of drug-likeness (QED) is 0.338. The van der Waals surface area contributed by atoms with Crippen molar-refractivity contribution in [2.24, 2.45) is 0 Å². The average Bonchev–Trinajstić information content (AvgIpc) is 3.46. The topological polar surface area (TPSA) is 97.8 Å². The highest BCUT2D eigenvalue weighted by molar-refractivity contribution is 7.16. The van der Waals surface area contributed by atoms with E-state index in [-0.39, 0.29) is 0 Å². The van der Waals surface area contributed by atoms with Crippen LogP contribution in [0.1, 0.15) is 33.9 Å². The van der Waals surface area contributed by atoms with E-state index in [1.807, 2.05) is 42.6 Å². The van der Waals surface area contributed by atoms with E-state index in [0.29, 0.717) is 22.2 Å². The molecule has 2 aromatic carbocycles. The number of rotatable bonds is 5. The summed E-state index contributed by atoms with van der Waals surface area (Å²) in [5.41, 5.74) is 4.43. The van der Waals surface area contributed by atoms with Crippen molar-refractivity contribution in [3.63, 3.8) is 0 Å². The summed E-state index contributed by atoms with van der Waals surface area (Å²) in [6.07, 6.45) is 6.87. The monoisotopic (exact) mass is 466 g/mol. The molecule has 34 heavy (non-hydrogen) atoms. The SMILES string of the molecule is N#Cc1c(NC(=O)C=CC(=O)Nc2ccc3cc[nH]c3c2)sc2c1CCC(c1ccccc1)C2. The molecule has 2 aromatic heterocycles. The number of carbonyl (C=O) groups excluding carboxylic acids is 2. The van der Waals surface area contributed by atoms with Crippen molar-refractivity contribution in [1.29, 1.82) is 5.26 Å². The fourth-order valence-electron chi connectivity index (χ4n) is 4.42. The lowest BCUT2D eigenvalue weighted by molar-refractivity contribution is -0.114. The van der Waals surface area contributed by atoms with E-state index in [1.54, 1.807) is 6.07 Å². The first-order chi connectivity index (χ1) is 16.6. The van der Waals surface area contributed by atoms with Gasteiger partial charge in [0.15, 0.2) is 0 Å². The second-order valence-electron chi connectivity index (χ2n) is 8.26. The van der Waals surface area contributed by atoms with E-state index in [2.05, 4.69) is 33.8 Å². The number of nitrogens with one attached hydrogen (secondary N) is 3. The van der Waals surface area contributed by atoms with Crippen molar-refractivity contribution < 1.29 is 9.59 Å². The van der Waals surface area contributed by atoms with Crippen molar-refractivity contribution in [1.82, 2.24) is 4.98 Å². The number of amides is 2. The van der Waals surface area contributed by atoms with Crippen LogP contribution >= 0.6 is 11.3 Å². The van der Waals surface area contributed by atoms with Crippen molar-refractivity contribution in [2.75, 3.05) is 10.6 Å².